The third kappa shape index (κ3) is 9.43. The van der Waals surface area contributed by atoms with Crippen molar-refractivity contribution in [2.24, 2.45) is 0 Å². The fourth-order valence-electron chi connectivity index (χ4n) is 4.51. The Bertz CT molecular complexity index is 1440. The second-order valence-electron chi connectivity index (χ2n) is 11.6. The van der Waals surface area contributed by atoms with Gasteiger partial charge in [-0.3, -0.25) is 13.9 Å². The van der Waals surface area contributed by atoms with Crippen LogP contribution in [0.15, 0.2) is 83.3 Å². The minimum absolute atomic E-state index is 0.112. The summed E-state index contributed by atoms with van der Waals surface area (Å²) >= 11 is 3.49. The first-order valence-corrected chi connectivity index (χ1v) is 16.3. The summed E-state index contributed by atoms with van der Waals surface area (Å²) in [6, 6.07) is 23.2. The number of hydrogen-bond acceptors (Lipinski definition) is 4. The fraction of sp³-hybridized carbons (Fsp3) is 0.375. The Kier molecular flexibility index (Phi) is 10.8. The maximum Gasteiger partial charge on any atom is 0.244 e. The zero-order chi connectivity index (χ0) is 30.4. The molecule has 1 atom stereocenters. The standard InChI is InChI=1S/C32H40BrN3O4S/c1-23(2)34-31(38)29(20-24-11-8-7-9-12-24)35(21-25-13-10-14-27(33)19-25)30(37)22-36(41(6,39)40)28-17-15-26(16-18-28)32(3,4)5/h7-19,23,29H,20-22H2,1-6H3,(H,34,38). The molecule has 1 unspecified atom stereocenters. The lowest BCUT2D eigenvalue weighted by Gasteiger charge is -2.34. The molecule has 2 amide bonds. The lowest BCUT2D eigenvalue weighted by Crippen LogP contribution is -2.54. The minimum Gasteiger partial charge on any atom is -0.352 e. The highest BCUT2D eigenvalue weighted by atomic mass is 79.9. The van der Waals surface area contributed by atoms with Crippen LogP contribution >= 0.6 is 15.9 Å². The Morgan fingerprint density at radius 1 is 0.902 bits per heavy atom. The number of benzene rings is 3. The van der Waals surface area contributed by atoms with Crippen LogP contribution in [0.2, 0.25) is 0 Å². The molecule has 3 aromatic carbocycles. The summed E-state index contributed by atoms with van der Waals surface area (Å²) in [6.45, 7) is 9.65. The first-order valence-electron chi connectivity index (χ1n) is 13.6. The van der Waals surface area contributed by atoms with Gasteiger partial charge in [-0.1, -0.05) is 91.3 Å². The molecular weight excluding hydrogens is 602 g/mol. The highest BCUT2D eigenvalue weighted by Gasteiger charge is 2.33. The number of amides is 2. The van der Waals surface area contributed by atoms with Gasteiger partial charge in [0, 0.05) is 23.5 Å². The van der Waals surface area contributed by atoms with Crippen molar-refractivity contribution < 1.29 is 18.0 Å². The zero-order valence-electron chi connectivity index (χ0n) is 24.6. The van der Waals surface area contributed by atoms with Gasteiger partial charge in [0.15, 0.2) is 0 Å². The minimum atomic E-state index is -3.82. The normalized spacial score (nSPS) is 12.6. The molecule has 0 fully saturated rings. The number of nitrogens with zero attached hydrogens (tertiary/aromatic N) is 2. The molecule has 41 heavy (non-hydrogen) atoms. The van der Waals surface area contributed by atoms with Crippen LogP contribution < -0.4 is 9.62 Å². The summed E-state index contributed by atoms with van der Waals surface area (Å²) in [5.41, 5.74) is 3.03. The van der Waals surface area contributed by atoms with Crippen LogP contribution in [0.1, 0.15) is 51.3 Å². The molecule has 0 radical (unpaired) electrons. The van der Waals surface area contributed by atoms with E-state index in [2.05, 4.69) is 42.0 Å². The predicted molar refractivity (Wildman–Crippen MR) is 169 cm³/mol. The number of nitrogens with one attached hydrogen (secondary N) is 1. The van der Waals surface area contributed by atoms with E-state index in [9.17, 15) is 18.0 Å². The van der Waals surface area contributed by atoms with Gasteiger partial charge in [-0.15, -0.1) is 0 Å². The van der Waals surface area contributed by atoms with E-state index < -0.39 is 28.5 Å². The van der Waals surface area contributed by atoms with Crippen LogP contribution in [0.5, 0.6) is 0 Å². The Morgan fingerprint density at radius 3 is 2.05 bits per heavy atom. The second kappa shape index (κ2) is 13.7. The first-order chi connectivity index (χ1) is 19.1. The summed E-state index contributed by atoms with van der Waals surface area (Å²) in [5.74, 6) is -0.775. The third-order valence-electron chi connectivity index (χ3n) is 6.64. The predicted octanol–water partition coefficient (Wildman–Crippen LogP) is 5.68. The quantitative estimate of drug-likeness (QED) is 0.292. The molecule has 0 aromatic heterocycles. The van der Waals surface area contributed by atoms with Crippen molar-refractivity contribution in [3.8, 4) is 0 Å². The fourth-order valence-corrected chi connectivity index (χ4v) is 5.80. The maximum atomic E-state index is 14.1. The zero-order valence-corrected chi connectivity index (χ0v) is 27.0. The molecule has 0 aliphatic rings. The molecule has 3 aromatic rings. The number of carbonyl (C=O) groups excluding carboxylic acids is 2. The molecule has 0 heterocycles. The van der Waals surface area contributed by atoms with Crippen molar-refractivity contribution in [1.29, 1.82) is 0 Å². The van der Waals surface area contributed by atoms with Crippen LogP contribution in [0.4, 0.5) is 5.69 Å². The van der Waals surface area contributed by atoms with E-state index in [4.69, 9.17) is 0 Å². The molecule has 9 heteroatoms. The van der Waals surface area contributed by atoms with Crippen molar-refractivity contribution in [3.63, 3.8) is 0 Å². The van der Waals surface area contributed by atoms with Crippen LogP contribution in [-0.4, -0.2) is 50.0 Å². The molecule has 0 saturated carbocycles. The summed E-state index contributed by atoms with van der Waals surface area (Å²) in [4.78, 5) is 29.2. The van der Waals surface area contributed by atoms with Crippen molar-refractivity contribution in [2.75, 3.05) is 17.1 Å². The van der Waals surface area contributed by atoms with Crippen molar-refractivity contribution >= 4 is 43.5 Å². The largest absolute Gasteiger partial charge is 0.352 e. The topological polar surface area (TPSA) is 86.8 Å². The van der Waals surface area contributed by atoms with E-state index in [-0.39, 0.29) is 30.3 Å². The summed E-state index contributed by atoms with van der Waals surface area (Å²) in [6.07, 6.45) is 1.36. The molecule has 3 rings (SSSR count). The van der Waals surface area contributed by atoms with Crippen LogP contribution in [0, 0.1) is 0 Å². The third-order valence-corrected chi connectivity index (χ3v) is 8.28. The highest BCUT2D eigenvalue weighted by molar-refractivity contribution is 9.10. The lowest BCUT2D eigenvalue weighted by molar-refractivity contribution is -0.140. The first kappa shape index (κ1) is 32.3. The lowest BCUT2D eigenvalue weighted by atomic mass is 9.87. The Balaban J connectivity index is 2.05. The van der Waals surface area contributed by atoms with Gasteiger partial charge in [-0.05, 0) is 60.2 Å². The number of halogens is 1. The molecule has 0 spiro atoms. The average Bonchev–Trinajstić information content (AvgIpc) is 2.88. The molecule has 0 bridgehead atoms. The van der Waals surface area contributed by atoms with Crippen LogP contribution in [0.25, 0.3) is 0 Å². The summed E-state index contributed by atoms with van der Waals surface area (Å²) in [7, 11) is -3.82. The SMILES string of the molecule is CC(C)NC(=O)C(Cc1ccccc1)N(Cc1cccc(Br)c1)C(=O)CN(c1ccc(C(C)(C)C)cc1)S(C)(=O)=O. The van der Waals surface area contributed by atoms with Gasteiger partial charge in [-0.2, -0.15) is 0 Å². The molecule has 220 valence electrons. The second-order valence-corrected chi connectivity index (χ2v) is 14.4. The number of rotatable bonds is 11. The molecule has 7 nitrogen and oxygen atoms in total. The van der Waals surface area contributed by atoms with Crippen LogP contribution in [-0.2, 0) is 38.0 Å². The van der Waals surface area contributed by atoms with Crippen LogP contribution in [0.3, 0.4) is 0 Å². The number of sulfonamides is 1. The van der Waals surface area contributed by atoms with E-state index >= 15 is 0 Å². The number of hydrogen-bond donors (Lipinski definition) is 1. The summed E-state index contributed by atoms with van der Waals surface area (Å²) in [5, 5.41) is 2.96. The van der Waals surface area contributed by atoms with Gasteiger partial charge in [0.2, 0.25) is 21.8 Å². The van der Waals surface area contributed by atoms with Gasteiger partial charge in [0.1, 0.15) is 12.6 Å². The molecular formula is C32H40BrN3O4S. The molecule has 1 N–H and O–H groups in total. The van der Waals surface area contributed by atoms with Gasteiger partial charge >= 0.3 is 0 Å². The Labute approximate surface area is 253 Å². The monoisotopic (exact) mass is 641 g/mol. The molecule has 0 aliphatic heterocycles. The number of carbonyl (C=O) groups is 2. The van der Waals surface area contributed by atoms with Crippen molar-refractivity contribution in [2.45, 2.75) is 65.1 Å². The van der Waals surface area contributed by atoms with E-state index in [1.807, 2.05) is 80.6 Å². The van der Waals surface area contributed by atoms with Crippen molar-refractivity contribution in [3.05, 3.63) is 100 Å². The maximum absolute atomic E-state index is 14.1. The smallest absolute Gasteiger partial charge is 0.244 e. The molecule has 0 saturated heterocycles. The van der Waals surface area contributed by atoms with E-state index in [1.54, 1.807) is 12.1 Å². The van der Waals surface area contributed by atoms with Gasteiger partial charge in [0.05, 0.1) is 11.9 Å². The van der Waals surface area contributed by atoms with Gasteiger partial charge in [-0.25, -0.2) is 8.42 Å². The van der Waals surface area contributed by atoms with E-state index in [0.717, 1.165) is 31.7 Å². The summed E-state index contributed by atoms with van der Waals surface area (Å²) < 4.78 is 27.9. The number of anilines is 1. The van der Waals surface area contributed by atoms with Gasteiger partial charge < -0.3 is 10.2 Å². The Hall–Kier alpha value is -3.17. The Morgan fingerprint density at radius 2 is 1.51 bits per heavy atom. The van der Waals surface area contributed by atoms with Gasteiger partial charge in [0.25, 0.3) is 0 Å². The van der Waals surface area contributed by atoms with Crippen molar-refractivity contribution in [1.82, 2.24) is 10.2 Å². The van der Waals surface area contributed by atoms with E-state index in [0.29, 0.717) is 5.69 Å². The molecule has 0 aliphatic carbocycles. The highest BCUT2D eigenvalue weighted by Crippen LogP contribution is 2.26. The van der Waals surface area contributed by atoms with E-state index in [1.165, 1.54) is 4.90 Å². The average molecular weight is 643 g/mol.